The molecule has 0 bridgehead atoms. The summed E-state index contributed by atoms with van der Waals surface area (Å²) in [7, 11) is -3.64. The molecule has 0 radical (unpaired) electrons. The average molecular weight is 389 g/mol. The lowest BCUT2D eigenvalue weighted by molar-refractivity contribution is 0.433. The zero-order chi connectivity index (χ0) is 19.0. The standard InChI is InChI=1S/C18H20FN5O2S/c1-14-13-17-18(20-7-10-24(17)21-14)22-8-2-9-23(12-11-22)27(25,26)16-5-3-15(19)4-6-16/h3-7,10,13H,2,8-9,11-12H2,1H3. The summed E-state index contributed by atoms with van der Waals surface area (Å²) in [5.41, 5.74) is 1.81. The second-order valence-corrected chi connectivity index (χ2v) is 8.50. The number of benzene rings is 1. The third kappa shape index (κ3) is 3.40. The highest BCUT2D eigenvalue weighted by atomic mass is 32.2. The highest BCUT2D eigenvalue weighted by Crippen LogP contribution is 2.23. The van der Waals surface area contributed by atoms with Gasteiger partial charge in [-0.1, -0.05) is 0 Å². The fourth-order valence-corrected chi connectivity index (χ4v) is 4.85. The molecule has 27 heavy (non-hydrogen) atoms. The Hall–Kier alpha value is -2.52. The van der Waals surface area contributed by atoms with E-state index in [9.17, 15) is 12.8 Å². The van der Waals surface area contributed by atoms with E-state index in [1.165, 1.54) is 28.6 Å². The molecule has 1 aliphatic heterocycles. The number of aryl methyl sites for hydroxylation is 1. The normalized spacial score (nSPS) is 16.6. The molecule has 9 heteroatoms. The lowest BCUT2D eigenvalue weighted by atomic mass is 10.3. The zero-order valence-electron chi connectivity index (χ0n) is 14.9. The maximum Gasteiger partial charge on any atom is 0.243 e. The Kier molecular flexibility index (Phi) is 4.56. The van der Waals surface area contributed by atoms with E-state index < -0.39 is 15.8 Å². The minimum absolute atomic E-state index is 0.115. The van der Waals surface area contributed by atoms with Crippen molar-refractivity contribution < 1.29 is 12.8 Å². The Morgan fingerprint density at radius 2 is 1.85 bits per heavy atom. The Morgan fingerprint density at radius 3 is 2.63 bits per heavy atom. The summed E-state index contributed by atoms with van der Waals surface area (Å²) in [6.45, 7) is 3.91. The van der Waals surface area contributed by atoms with Crippen LogP contribution >= 0.6 is 0 Å². The lowest BCUT2D eigenvalue weighted by Gasteiger charge is -2.23. The van der Waals surface area contributed by atoms with E-state index in [0.717, 1.165) is 17.0 Å². The number of halogens is 1. The van der Waals surface area contributed by atoms with E-state index in [1.807, 2.05) is 13.0 Å². The van der Waals surface area contributed by atoms with Gasteiger partial charge in [0.05, 0.1) is 10.6 Å². The molecule has 1 aromatic carbocycles. The van der Waals surface area contributed by atoms with Gasteiger partial charge in [0.15, 0.2) is 5.82 Å². The van der Waals surface area contributed by atoms with Crippen LogP contribution in [0.2, 0.25) is 0 Å². The summed E-state index contributed by atoms with van der Waals surface area (Å²) in [5, 5.41) is 4.41. The molecule has 3 heterocycles. The number of hydrogen-bond acceptors (Lipinski definition) is 5. The maximum atomic E-state index is 13.1. The van der Waals surface area contributed by atoms with Gasteiger partial charge in [-0.2, -0.15) is 9.40 Å². The molecule has 1 fully saturated rings. The van der Waals surface area contributed by atoms with E-state index >= 15 is 0 Å². The van der Waals surface area contributed by atoms with Crippen LogP contribution < -0.4 is 4.90 Å². The second-order valence-electron chi connectivity index (χ2n) is 6.56. The van der Waals surface area contributed by atoms with Crippen molar-refractivity contribution >= 4 is 21.4 Å². The molecule has 1 aliphatic rings. The first-order valence-electron chi connectivity index (χ1n) is 8.77. The Bertz CT molecular complexity index is 1070. The molecule has 4 rings (SSSR count). The zero-order valence-corrected chi connectivity index (χ0v) is 15.7. The molecule has 0 amide bonds. The molecule has 0 unspecified atom stereocenters. The minimum atomic E-state index is -3.64. The van der Waals surface area contributed by atoms with Crippen molar-refractivity contribution in [2.75, 3.05) is 31.1 Å². The van der Waals surface area contributed by atoms with Crippen LogP contribution in [0.4, 0.5) is 10.2 Å². The molecule has 3 aromatic rings. The highest BCUT2D eigenvalue weighted by Gasteiger charge is 2.27. The van der Waals surface area contributed by atoms with Gasteiger partial charge >= 0.3 is 0 Å². The van der Waals surface area contributed by atoms with Gasteiger partial charge in [0.25, 0.3) is 0 Å². The summed E-state index contributed by atoms with van der Waals surface area (Å²) in [6.07, 6.45) is 4.18. The van der Waals surface area contributed by atoms with Crippen LogP contribution in [0.5, 0.6) is 0 Å². The third-order valence-corrected chi connectivity index (χ3v) is 6.61. The quantitative estimate of drug-likeness (QED) is 0.686. The van der Waals surface area contributed by atoms with Gasteiger partial charge in [-0.05, 0) is 43.7 Å². The van der Waals surface area contributed by atoms with Crippen molar-refractivity contribution in [2.24, 2.45) is 0 Å². The largest absolute Gasteiger partial charge is 0.353 e. The summed E-state index contributed by atoms with van der Waals surface area (Å²) in [5.74, 6) is 0.352. The maximum absolute atomic E-state index is 13.1. The number of sulfonamides is 1. The van der Waals surface area contributed by atoms with Gasteiger partial charge in [0.2, 0.25) is 10.0 Å². The van der Waals surface area contributed by atoms with Crippen molar-refractivity contribution in [3.8, 4) is 0 Å². The minimum Gasteiger partial charge on any atom is -0.353 e. The van der Waals surface area contributed by atoms with E-state index in [4.69, 9.17) is 0 Å². The predicted molar refractivity (Wildman–Crippen MR) is 99.7 cm³/mol. The molecule has 0 aliphatic carbocycles. The van der Waals surface area contributed by atoms with Gasteiger partial charge < -0.3 is 4.90 Å². The lowest BCUT2D eigenvalue weighted by Crippen LogP contribution is -2.35. The topological polar surface area (TPSA) is 70.8 Å². The summed E-state index contributed by atoms with van der Waals surface area (Å²) in [6, 6.07) is 6.93. The van der Waals surface area contributed by atoms with Crippen LogP contribution in [0.3, 0.4) is 0 Å². The number of aromatic nitrogens is 3. The van der Waals surface area contributed by atoms with Crippen LogP contribution in [-0.4, -0.2) is 53.5 Å². The van der Waals surface area contributed by atoms with Crippen molar-refractivity contribution in [1.82, 2.24) is 18.9 Å². The predicted octanol–water partition coefficient (Wildman–Crippen LogP) is 2.08. The van der Waals surface area contributed by atoms with Gasteiger partial charge in [0, 0.05) is 38.6 Å². The van der Waals surface area contributed by atoms with Crippen LogP contribution in [0.1, 0.15) is 12.1 Å². The molecule has 1 saturated heterocycles. The van der Waals surface area contributed by atoms with E-state index in [1.54, 1.807) is 16.9 Å². The van der Waals surface area contributed by atoms with Crippen LogP contribution in [0.25, 0.3) is 5.52 Å². The SMILES string of the molecule is Cc1cc2c(N3CCCN(S(=O)(=O)c4ccc(F)cc4)CC3)nccn2n1. The summed E-state index contributed by atoms with van der Waals surface area (Å²) < 4.78 is 42.1. The Labute approximate surface area is 157 Å². The van der Waals surface area contributed by atoms with Crippen molar-refractivity contribution in [2.45, 2.75) is 18.2 Å². The second kappa shape index (κ2) is 6.90. The molecule has 0 spiro atoms. The molecule has 2 aromatic heterocycles. The van der Waals surface area contributed by atoms with Crippen molar-refractivity contribution in [3.63, 3.8) is 0 Å². The smallest absolute Gasteiger partial charge is 0.243 e. The average Bonchev–Trinajstić information content (AvgIpc) is 2.86. The Morgan fingerprint density at radius 1 is 1.07 bits per heavy atom. The number of rotatable bonds is 3. The monoisotopic (exact) mass is 389 g/mol. The number of nitrogens with zero attached hydrogens (tertiary/aromatic N) is 5. The van der Waals surface area contributed by atoms with Crippen molar-refractivity contribution in [1.29, 1.82) is 0 Å². The first-order chi connectivity index (χ1) is 12.9. The fraction of sp³-hybridized carbons (Fsp3) is 0.333. The molecule has 0 atom stereocenters. The number of hydrogen-bond donors (Lipinski definition) is 0. The first kappa shape index (κ1) is 17.9. The van der Waals surface area contributed by atoms with Gasteiger partial charge in [-0.3, -0.25) is 0 Å². The van der Waals surface area contributed by atoms with Gasteiger partial charge in [-0.15, -0.1) is 0 Å². The van der Waals surface area contributed by atoms with Crippen LogP contribution in [0, 0.1) is 12.7 Å². The molecule has 0 saturated carbocycles. The first-order valence-corrected chi connectivity index (χ1v) is 10.2. The van der Waals surface area contributed by atoms with E-state index in [-0.39, 0.29) is 4.90 Å². The fourth-order valence-electron chi connectivity index (χ4n) is 3.38. The summed E-state index contributed by atoms with van der Waals surface area (Å²) in [4.78, 5) is 6.70. The van der Waals surface area contributed by atoms with Crippen LogP contribution in [-0.2, 0) is 10.0 Å². The molecule has 0 N–H and O–H groups in total. The number of fused-ring (bicyclic) bond motifs is 1. The van der Waals surface area contributed by atoms with Gasteiger partial charge in [-0.25, -0.2) is 22.3 Å². The van der Waals surface area contributed by atoms with E-state index in [2.05, 4.69) is 15.0 Å². The molecular formula is C18H20FN5O2S. The molecule has 142 valence electrons. The van der Waals surface area contributed by atoms with Crippen molar-refractivity contribution in [3.05, 3.63) is 54.2 Å². The van der Waals surface area contributed by atoms with Gasteiger partial charge in [0.1, 0.15) is 11.3 Å². The molecule has 7 nitrogen and oxygen atoms in total. The van der Waals surface area contributed by atoms with E-state index in [0.29, 0.717) is 32.6 Å². The Balaban J connectivity index is 1.58. The third-order valence-electron chi connectivity index (χ3n) is 4.70. The summed E-state index contributed by atoms with van der Waals surface area (Å²) >= 11 is 0. The highest BCUT2D eigenvalue weighted by molar-refractivity contribution is 7.89. The number of anilines is 1. The molecular weight excluding hydrogens is 369 g/mol. The van der Waals surface area contributed by atoms with Crippen LogP contribution in [0.15, 0.2) is 47.6 Å².